The van der Waals surface area contributed by atoms with E-state index in [1.54, 1.807) is 7.05 Å². The van der Waals surface area contributed by atoms with Crippen molar-refractivity contribution in [2.75, 3.05) is 26.7 Å². The Balaban J connectivity index is 4.81. The quantitative estimate of drug-likeness (QED) is 0.716. The van der Waals surface area contributed by atoms with E-state index in [2.05, 4.69) is 0 Å². The van der Waals surface area contributed by atoms with Gasteiger partial charge in [-0.25, -0.2) is 0 Å². The highest BCUT2D eigenvalue weighted by atomic mass is 32.2. The van der Waals surface area contributed by atoms with E-state index >= 15 is 0 Å². The largest absolute Gasteiger partial charge is 0.330 e. The summed E-state index contributed by atoms with van der Waals surface area (Å²) < 4.78 is 27.2. The van der Waals surface area contributed by atoms with Gasteiger partial charge in [0.1, 0.15) is 0 Å². The fraction of sp³-hybridized carbons (Fsp3) is 1.00. The first kappa shape index (κ1) is 15.8. The molecule has 16 heavy (non-hydrogen) atoms. The van der Waals surface area contributed by atoms with Crippen LogP contribution in [0.2, 0.25) is 0 Å². The molecule has 0 fully saturated rings. The fourth-order valence-electron chi connectivity index (χ4n) is 1.26. The average Bonchev–Trinajstić information content (AvgIpc) is 2.23. The van der Waals surface area contributed by atoms with E-state index in [0.717, 1.165) is 0 Å². The lowest BCUT2D eigenvalue weighted by molar-refractivity contribution is 0.317. The minimum absolute atomic E-state index is 0.0350. The lowest BCUT2D eigenvalue weighted by Crippen LogP contribution is -2.46. The van der Waals surface area contributed by atoms with Crippen LogP contribution in [-0.4, -0.2) is 49.8 Å². The van der Waals surface area contributed by atoms with Crippen LogP contribution >= 0.6 is 0 Å². The van der Waals surface area contributed by atoms with Crippen molar-refractivity contribution in [3.05, 3.63) is 0 Å². The molecule has 0 radical (unpaired) electrons. The molecule has 98 valence electrons. The Hall–Kier alpha value is -0.170. The van der Waals surface area contributed by atoms with Gasteiger partial charge in [-0.3, -0.25) is 0 Å². The lowest BCUT2D eigenvalue weighted by Gasteiger charge is -2.30. The molecule has 0 rings (SSSR count). The highest BCUT2D eigenvalue weighted by Gasteiger charge is 2.28. The second-order valence-corrected chi connectivity index (χ2v) is 6.40. The number of hydrogen-bond donors (Lipinski definition) is 1. The average molecular weight is 251 g/mol. The van der Waals surface area contributed by atoms with Crippen LogP contribution in [0, 0.1) is 5.92 Å². The molecular weight excluding hydrogens is 226 g/mol. The first-order valence-electron chi connectivity index (χ1n) is 5.70. The van der Waals surface area contributed by atoms with Crippen LogP contribution in [-0.2, 0) is 10.2 Å². The topological polar surface area (TPSA) is 66.6 Å². The van der Waals surface area contributed by atoms with Crippen molar-refractivity contribution in [2.45, 2.75) is 33.7 Å². The van der Waals surface area contributed by atoms with Crippen molar-refractivity contribution in [2.24, 2.45) is 11.7 Å². The molecule has 5 nitrogen and oxygen atoms in total. The van der Waals surface area contributed by atoms with Crippen LogP contribution in [0.3, 0.4) is 0 Å². The third-order valence-corrected chi connectivity index (χ3v) is 4.90. The van der Waals surface area contributed by atoms with Crippen LogP contribution in [0.5, 0.6) is 0 Å². The fourth-order valence-corrected chi connectivity index (χ4v) is 2.92. The van der Waals surface area contributed by atoms with Crippen molar-refractivity contribution in [1.29, 1.82) is 0 Å². The van der Waals surface area contributed by atoms with Gasteiger partial charge in [-0.2, -0.15) is 17.0 Å². The van der Waals surface area contributed by atoms with Crippen LogP contribution < -0.4 is 5.73 Å². The molecule has 0 saturated carbocycles. The Labute approximate surface area is 99.8 Å². The summed E-state index contributed by atoms with van der Waals surface area (Å²) in [6.45, 7) is 8.96. The first-order chi connectivity index (χ1) is 7.27. The summed E-state index contributed by atoms with van der Waals surface area (Å²) >= 11 is 0. The van der Waals surface area contributed by atoms with E-state index in [9.17, 15) is 8.42 Å². The van der Waals surface area contributed by atoms with Gasteiger partial charge in [0.15, 0.2) is 0 Å². The molecule has 0 aromatic carbocycles. The first-order valence-corrected chi connectivity index (χ1v) is 7.10. The van der Waals surface area contributed by atoms with Crippen LogP contribution in [0.25, 0.3) is 0 Å². The van der Waals surface area contributed by atoms with Gasteiger partial charge in [-0.1, -0.05) is 13.8 Å². The Bertz CT molecular complexity index is 290. The molecule has 1 unspecified atom stereocenters. The van der Waals surface area contributed by atoms with Gasteiger partial charge in [0.2, 0.25) is 0 Å². The summed E-state index contributed by atoms with van der Waals surface area (Å²) in [5.41, 5.74) is 5.52. The van der Waals surface area contributed by atoms with Crippen molar-refractivity contribution in [1.82, 2.24) is 8.61 Å². The molecule has 0 saturated heterocycles. The number of hydrogen-bond acceptors (Lipinski definition) is 3. The SMILES string of the molecule is CCN(CC(C)CN)S(=O)(=O)N(C)C(C)C. The summed E-state index contributed by atoms with van der Waals surface area (Å²) in [6.07, 6.45) is 0. The summed E-state index contributed by atoms with van der Waals surface area (Å²) in [7, 11) is -1.74. The van der Waals surface area contributed by atoms with Crippen molar-refractivity contribution in [3.8, 4) is 0 Å². The second-order valence-electron chi connectivity index (χ2n) is 4.41. The predicted molar refractivity (Wildman–Crippen MR) is 67.3 cm³/mol. The third-order valence-electron chi connectivity index (χ3n) is 2.69. The molecular formula is C10H25N3O2S. The molecule has 2 N–H and O–H groups in total. The van der Waals surface area contributed by atoms with Gasteiger partial charge in [-0.15, -0.1) is 0 Å². The van der Waals surface area contributed by atoms with E-state index in [1.807, 2.05) is 27.7 Å². The summed E-state index contributed by atoms with van der Waals surface area (Å²) in [4.78, 5) is 0. The number of nitrogens with zero attached hydrogens (tertiary/aromatic N) is 2. The Morgan fingerprint density at radius 1 is 1.25 bits per heavy atom. The van der Waals surface area contributed by atoms with Crippen molar-refractivity contribution >= 4 is 10.2 Å². The maximum Gasteiger partial charge on any atom is 0.281 e. The minimum atomic E-state index is -3.34. The summed E-state index contributed by atoms with van der Waals surface area (Å²) in [6, 6.07) is -0.0350. The van der Waals surface area contributed by atoms with Crippen molar-refractivity contribution in [3.63, 3.8) is 0 Å². The smallest absolute Gasteiger partial charge is 0.281 e. The van der Waals surface area contributed by atoms with E-state index < -0.39 is 10.2 Å². The molecule has 0 aromatic rings. The monoisotopic (exact) mass is 251 g/mol. The zero-order valence-electron chi connectivity index (χ0n) is 11.0. The summed E-state index contributed by atoms with van der Waals surface area (Å²) in [5, 5.41) is 0. The van der Waals surface area contributed by atoms with E-state index in [-0.39, 0.29) is 12.0 Å². The van der Waals surface area contributed by atoms with Gasteiger partial charge in [-0.05, 0) is 26.3 Å². The van der Waals surface area contributed by atoms with E-state index in [1.165, 1.54) is 8.61 Å². The van der Waals surface area contributed by atoms with E-state index in [0.29, 0.717) is 19.6 Å². The predicted octanol–water partition coefficient (Wildman–Crippen LogP) is 0.488. The van der Waals surface area contributed by atoms with Gasteiger partial charge in [0.25, 0.3) is 10.2 Å². The number of rotatable bonds is 7. The zero-order chi connectivity index (χ0) is 12.9. The molecule has 0 heterocycles. The molecule has 0 spiro atoms. The standard InChI is InChI=1S/C10H25N3O2S/c1-6-13(8-10(4)7-11)16(14,15)12(5)9(2)3/h9-10H,6-8,11H2,1-5H3. The van der Waals surface area contributed by atoms with Gasteiger partial charge >= 0.3 is 0 Å². The minimum Gasteiger partial charge on any atom is -0.330 e. The third kappa shape index (κ3) is 4.01. The van der Waals surface area contributed by atoms with E-state index in [4.69, 9.17) is 5.73 Å². The maximum atomic E-state index is 12.2. The van der Waals surface area contributed by atoms with Gasteiger partial charge in [0, 0.05) is 26.2 Å². The molecule has 0 aliphatic rings. The molecule has 1 atom stereocenters. The van der Waals surface area contributed by atoms with Crippen LogP contribution in [0.4, 0.5) is 0 Å². The molecule has 0 aromatic heterocycles. The molecule has 0 bridgehead atoms. The highest BCUT2D eigenvalue weighted by molar-refractivity contribution is 7.86. The van der Waals surface area contributed by atoms with Gasteiger partial charge in [0.05, 0.1) is 0 Å². The Morgan fingerprint density at radius 2 is 1.75 bits per heavy atom. The Morgan fingerprint density at radius 3 is 2.06 bits per heavy atom. The number of nitrogens with two attached hydrogens (primary N) is 1. The van der Waals surface area contributed by atoms with Gasteiger partial charge < -0.3 is 5.73 Å². The molecule has 0 aliphatic carbocycles. The van der Waals surface area contributed by atoms with Crippen LogP contribution in [0.1, 0.15) is 27.7 Å². The molecule has 6 heteroatoms. The highest BCUT2D eigenvalue weighted by Crippen LogP contribution is 2.11. The second kappa shape index (κ2) is 6.54. The lowest BCUT2D eigenvalue weighted by atomic mass is 10.2. The summed E-state index contributed by atoms with van der Waals surface area (Å²) in [5.74, 6) is 0.176. The molecule has 0 aliphatic heterocycles. The van der Waals surface area contributed by atoms with Crippen molar-refractivity contribution < 1.29 is 8.42 Å². The maximum absolute atomic E-state index is 12.2. The van der Waals surface area contributed by atoms with Crippen LogP contribution in [0.15, 0.2) is 0 Å². The normalized spacial score (nSPS) is 15.1. The Kier molecular flexibility index (Phi) is 6.47. The molecule has 0 amide bonds. The zero-order valence-corrected chi connectivity index (χ0v) is 11.8.